The molecule has 2 heterocycles. The quantitative estimate of drug-likeness (QED) is 0.904. The summed E-state index contributed by atoms with van der Waals surface area (Å²) in [7, 11) is 0. The maximum Gasteiger partial charge on any atom is 0.133 e. The lowest BCUT2D eigenvalue weighted by molar-refractivity contribution is 0.116. The van der Waals surface area contributed by atoms with E-state index in [9.17, 15) is 0 Å². The standard InChI is InChI=1S/C16H23NO2S/c1-2-8-17-16(12-7-9-18-10-12)14-11-20-15-6-4-3-5-13(15)19-14/h3-6,12,14,16-17H,2,7-11H2,1H3. The highest BCUT2D eigenvalue weighted by molar-refractivity contribution is 7.99. The van der Waals surface area contributed by atoms with Crippen LogP contribution in [-0.2, 0) is 4.74 Å². The Morgan fingerprint density at radius 3 is 3.10 bits per heavy atom. The minimum atomic E-state index is 0.244. The third-order valence-electron chi connectivity index (χ3n) is 4.03. The van der Waals surface area contributed by atoms with E-state index in [1.54, 1.807) is 0 Å². The first-order chi connectivity index (χ1) is 9.88. The van der Waals surface area contributed by atoms with Crippen molar-refractivity contribution in [2.24, 2.45) is 5.92 Å². The van der Waals surface area contributed by atoms with Crippen LogP contribution in [-0.4, -0.2) is 37.7 Å². The van der Waals surface area contributed by atoms with Gasteiger partial charge >= 0.3 is 0 Å². The Morgan fingerprint density at radius 1 is 1.40 bits per heavy atom. The molecular weight excluding hydrogens is 270 g/mol. The summed E-state index contributed by atoms with van der Waals surface area (Å²) < 4.78 is 11.8. The molecule has 0 aliphatic carbocycles. The van der Waals surface area contributed by atoms with Crippen LogP contribution in [0.5, 0.6) is 5.75 Å². The van der Waals surface area contributed by atoms with Gasteiger partial charge in [0.15, 0.2) is 0 Å². The maximum absolute atomic E-state index is 6.26. The minimum absolute atomic E-state index is 0.244. The fraction of sp³-hybridized carbons (Fsp3) is 0.625. The van der Waals surface area contributed by atoms with Gasteiger partial charge in [-0.3, -0.25) is 0 Å². The molecule has 1 aromatic carbocycles. The van der Waals surface area contributed by atoms with E-state index < -0.39 is 0 Å². The van der Waals surface area contributed by atoms with E-state index in [1.165, 1.54) is 4.90 Å². The van der Waals surface area contributed by atoms with Crippen LogP contribution in [0.2, 0.25) is 0 Å². The van der Waals surface area contributed by atoms with Gasteiger partial charge in [0.05, 0.1) is 6.61 Å². The van der Waals surface area contributed by atoms with Crippen LogP contribution in [0, 0.1) is 5.92 Å². The highest BCUT2D eigenvalue weighted by atomic mass is 32.2. The van der Waals surface area contributed by atoms with E-state index in [-0.39, 0.29) is 6.10 Å². The normalized spacial score (nSPS) is 26.9. The Hall–Kier alpha value is -0.710. The maximum atomic E-state index is 6.26. The second kappa shape index (κ2) is 6.83. The third-order valence-corrected chi connectivity index (χ3v) is 5.18. The van der Waals surface area contributed by atoms with Gasteiger partial charge in [-0.05, 0) is 31.5 Å². The highest BCUT2D eigenvalue weighted by Gasteiger charge is 2.35. The number of hydrogen-bond donors (Lipinski definition) is 1. The molecule has 3 rings (SSSR count). The molecule has 0 aromatic heterocycles. The zero-order chi connectivity index (χ0) is 13.8. The van der Waals surface area contributed by atoms with E-state index in [0.29, 0.717) is 12.0 Å². The molecule has 4 heteroatoms. The Labute approximate surface area is 125 Å². The molecule has 1 aromatic rings. The van der Waals surface area contributed by atoms with Crippen molar-refractivity contribution in [3.05, 3.63) is 24.3 Å². The molecule has 2 aliphatic rings. The van der Waals surface area contributed by atoms with Crippen molar-refractivity contribution in [3.8, 4) is 5.75 Å². The molecule has 0 bridgehead atoms. The van der Waals surface area contributed by atoms with Crippen LogP contribution in [0.25, 0.3) is 0 Å². The molecule has 2 aliphatic heterocycles. The predicted molar refractivity (Wildman–Crippen MR) is 82.6 cm³/mol. The minimum Gasteiger partial charge on any atom is -0.487 e. The van der Waals surface area contributed by atoms with Crippen LogP contribution in [0.15, 0.2) is 29.2 Å². The number of benzene rings is 1. The molecule has 0 amide bonds. The second-order valence-electron chi connectivity index (χ2n) is 5.52. The number of rotatable bonds is 5. The van der Waals surface area contributed by atoms with Gasteiger partial charge in [0.2, 0.25) is 0 Å². The molecule has 1 fully saturated rings. The largest absolute Gasteiger partial charge is 0.487 e. The lowest BCUT2D eigenvalue weighted by atomic mass is 9.94. The van der Waals surface area contributed by atoms with E-state index in [4.69, 9.17) is 9.47 Å². The van der Waals surface area contributed by atoms with E-state index in [2.05, 4.69) is 36.5 Å². The summed E-state index contributed by atoms with van der Waals surface area (Å²) in [4.78, 5) is 1.26. The van der Waals surface area contributed by atoms with Crippen molar-refractivity contribution >= 4 is 11.8 Å². The average Bonchev–Trinajstić information content (AvgIpc) is 3.02. The highest BCUT2D eigenvalue weighted by Crippen LogP contribution is 2.37. The van der Waals surface area contributed by atoms with Gasteiger partial charge in [-0.1, -0.05) is 19.1 Å². The molecule has 0 spiro atoms. The SMILES string of the molecule is CCCNC(C1CCOC1)C1CSc2ccccc2O1. The lowest BCUT2D eigenvalue weighted by Gasteiger charge is -2.35. The summed E-state index contributed by atoms with van der Waals surface area (Å²) in [5.41, 5.74) is 0. The van der Waals surface area contributed by atoms with Crippen molar-refractivity contribution in [1.29, 1.82) is 0 Å². The van der Waals surface area contributed by atoms with Gasteiger partial charge < -0.3 is 14.8 Å². The summed E-state index contributed by atoms with van der Waals surface area (Å²) in [6, 6.07) is 8.75. The van der Waals surface area contributed by atoms with E-state index in [1.807, 2.05) is 11.8 Å². The average molecular weight is 293 g/mol. The molecule has 3 unspecified atom stereocenters. The molecule has 0 radical (unpaired) electrons. The number of para-hydroxylation sites is 1. The number of thioether (sulfide) groups is 1. The van der Waals surface area contributed by atoms with Crippen molar-refractivity contribution < 1.29 is 9.47 Å². The van der Waals surface area contributed by atoms with Crippen molar-refractivity contribution in [2.75, 3.05) is 25.5 Å². The predicted octanol–water partition coefficient (Wildman–Crippen LogP) is 2.94. The summed E-state index contributed by atoms with van der Waals surface area (Å²) >= 11 is 1.91. The van der Waals surface area contributed by atoms with Gasteiger partial charge in [0.1, 0.15) is 11.9 Å². The van der Waals surface area contributed by atoms with E-state index >= 15 is 0 Å². The summed E-state index contributed by atoms with van der Waals surface area (Å²) in [6.07, 6.45) is 2.54. The van der Waals surface area contributed by atoms with Crippen LogP contribution < -0.4 is 10.1 Å². The van der Waals surface area contributed by atoms with Gasteiger partial charge in [-0.2, -0.15) is 0 Å². The lowest BCUT2D eigenvalue weighted by Crippen LogP contribution is -2.50. The number of fused-ring (bicyclic) bond motifs is 1. The zero-order valence-electron chi connectivity index (χ0n) is 12.0. The molecule has 110 valence electrons. The summed E-state index contributed by atoms with van der Waals surface area (Å²) in [5.74, 6) is 2.64. The van der Waals surface area contributed by atoms with Gasteiger partial charge in [-0.25, -0.2) is 0 Å². The zero-order valence-corrected chi connectivity index (χ0v) is 12.8. The molecule has 1 N–H and O–H groups in total. The molecule has 0 saturated carbocycles. The number of nitrogens with one attached hydrogen (secondary N) is 1. The summed E-state index contributed by atoms with van der Waals surface area (Å²) in [6.45, 7) is 5.02. The molecule has 3 nitrogen and oxygen atoms in total. The van der Waals surface area contributed by atoms with Crippen LogP contribution in [0.3, 0.4) is 0 Å². The van der Waals surface area contributed by atoms with Crippen LogP contribution >= 0.6 is 11.8 Å². The van der Waals surface area contributed by atoms with Crippen molar-refractivity contribution in [1.82, 2.24) is 5.32 Å². The van der Waals surface area contributed by atoms with Gasteiger partial charge in [0.25, 0.3) is 0 Å². The van der Waals surface area contributed by atoms with Crippen molar-refractivity contribution in [3.63, 3.8) is 0 Å². The topological polar surface area (TPSA) is 30.5 Å². The molecule has 3 atom stereocenters. The number of hydrogen-bond acceptors (Lipinski definition) is 4. The molecular formula is C16H23NO2S. The molecule has 1 saturated heterocycles. The van der Waals surface area contributed by atoms with Gasteiger partial charge in [-0.15, -0.1) is 11.8 Å². The first-order valence-electron chi connectivity index (χ1n) is 7.58. The Morgan fingerprint density at radius 2 is 2.30 bits per heavy atom. The van der Waals surface area contributed by atoms with Crippen molar-refractivity contribution in [2.45, 2.75) is 36.8 Å². The molecule has 20 heavy (non-hydrogen) atoms. The number of ether oxygens (including phenoxy) is 2. The van der Waals surface area contributed by atoms with E-state index in [0.717, 1.165) is 44.1 Å². The second-order valence-corrected chi connectivity index (χ2v) is 6.58. The van der Waals surface area contributed by atoms with Gasteiger partial charge in [0, 0.05) is 29.2 Å². The fourth-order valence-electron chi connectivity index (χ4n) is 2.96. The van der Waals surface area contributed by atoms with Crippen LogP contribution in [0.1, 0.15) is 19.8 Å². The fourth-order valence-corrected chi connectivity index (χ4v) is 4.01. The first-order valence-corrected chi connectivity index (χ1v) is 8.56. The summed E-state index contributed by atoms with van der Waals surface area (Å²) in [5, 5.41) is 3.69. The Kier molecular flexibility index (Phi) is 4.86. The first kappa shape index (κ1) is 14.2. The van der Waals surface area contributed by atoms with Crippen LogP contribution in [0.4, 0.5) is 0 Å². The Bertz CT molecular complexity index is 434. The Balaban J connectivity index is 1.71. The third kappa shape index (κ3) is 3.13. The smallest absolute Gasteiger partial charge is 0.133 e. The monoisotopic (exact) mass is 293 g/mol.